The smallest absolute Gasteiger partial charge is 0.306 e. The van der Waals surface area contributed by atoms with Gasteiger partial charge in [0, 0.05) is 19.3 Å². The summed E-state index contributed by atoms with van der Waals surface area (Å²) in [5.74, 6) is -0.912. The van der Waals surface area contributed by atoms with Gasteiger partial charge in [0.05, 0.1) is 0 Å². The maximum Gasteiger partial charge on any atom is 0.306 e. The SMILES string of the molecule is CCCC/C=C\CCCCCCC(=O)OCC(COC(=O)CCCCCCCCC/C=C\CCCCCCCC)OC(=O)CCCCC/C=C\CCCCCCCC. The van der Waals surface area contributed by atoms with Gasteiger partial charge in [-0.05, 0) is 89.9 Å². The molecule has 0 aromatic heterocycles. The Morgan fingerprint density at radius 3 is 0.931 bits per heavy atom. The second-order valence-corrected chi connectivity index (χ2v) is 16.7. The molecule has 6 nitrogen and oxygen atoms in total. The maximum absolute atomic E-state index is 12.7. The molecular weight excluding hydrogens is 721 g/mol. The van der Waals surface area contributed by atoms with Crippen molar-refractivity contribution >= 4 is 17.9 Å². The van der Waals surface area contributed by atoms with Gasteiger partial charge in [-0.2, -0.15) is 0 Å². The number of ether oxygens (including phenoxy) is 3. The van der Waals surface area contributed by atoms with E-state index in [1.54, 1.807) is 0 Å². The summed E-state index contributed by atoms with van der Waals surface area (Å²) in [6, 6.07) is 0. The molecule has 338 valence electrons. The number of rotatable bonds is 45. The third-order valence-corrected chi connectivity index (χ3v) is 10.8. The molecular formula is C52H94O6. The molecule has 6 heteroatoms. The van der Waals surface area contributed by atoms with Crippen molar-refractivity contribution in [3.63, 3.8) is 0 Å². The Morgan fingerprint density at radius 2 is 0.586 bits per heavy atom. The van der Waals surface area contributed by atoms with E-state index >= 15 is 0 Å². The summed E-state index contributed by atoms with van der Waals surface area (Å²) in [6.07, 6.45) is 54.1. The Morgan fingerprint density at radius 1 is 0.328 bits per heavy atom. The molecule has 58 heavy (non-hydrogen) atoms. The minimum absolute atomic E-state index is 0.0829. The molecule has 0 aliphatic rings. The predicted molar refractivity (Wildman–Crippen MR) is 247 cm³/mol. The summed E-state index contributed by atoms with van der Waals surface area (Å²) in [7, 11) is 0. The highest BCUT2D eigenvalue weighted by molar-refractivity contribution is 5.71. The first-order valence-electron chi connectivity index (χ1n) is 25.0. The van der Waals surface area contributed by atoms with Crippen LogP contribution in [0.1, 0.15) is 258 Å². The third-order valence-electron chi connectivity index (χ3n) is 10.8. The predicted octanol–water partition coefficient (Wildman–Crippen LogP) is 16.1. The number of hydrogen-bond donors (Lipinski definition) is 0. The lowest BCUT2D eigenvalue weighted by molar-refractivity contribution is -0.167. The van der Waals surface area contributed by atoms with E-state index in [0.29, 0.717) is 19.3 Å². The van der Waals surface area contributed by atoms with Gasteiger partial charge in [-0.25, -0.2) is 0 Å². The molecule has 0 heterocycles. The molecule has 0 aliphatic carbocycles. The minimum atomic E-state index is -0.782. The number of esters is 3. The molecule has 0 rings (SSSR count). The van der Waals surface area contributed by atoms with Crippen LogP contribution in [0.5, 0.6) is 0 Å². The fourth-order valence-electron chi connectivity index (χ4n) is 7.00. The standard InChI is InChI=1S/C52H94O6/c1-4-7-10-13-16-19-22-24-25-26-27-29-30-33-36-39-42-45-51(54)57-48-49(47-56-50(53)44-41-38-35-32-21-18-15-12-9-6-3)58-52(55)46-43-40-37-34-31-28-23-20-17-14-11-8-5-2/h15,18,24-25,28,31,49H,4-14,16-17,19-23,26-27,29-30,32-48H2,1-3H3/b18-15-,25-24-,31-28-. The van der Waals surface area contributed by atoms with Gasteiger partial charge >= 0.3 is 17.9 Å². The molecule has 0 aromatic rings. The molecule has 0 saturated heterocycles. The average molecular weight is 815 g/mol. The molecule has 0 fully saturated rings. The van der Waals surface area contributed by atoms with Crippen LogP contribution >= 0.6 is 0 Å². The minimum Gasteiger partial charge on any atom is -0.462 e. The number of hydrogen-bond acceptors (Lipinski definition) is 6. The van der Waals surface area contributed by atoms with Crippen molar-refractivity contribution < 1.29 is 28.6 Å². The zero-order valence-corrected chi connectivity index (χ0v) is 38.6. The number of carbonyl (C=O) groups excluding carboxylic acids is 3. The zero-order valence-electron chi connectivity index (χ0n) is 38.6. The average Bonchev–Trinajstić information content (AvgIpc) is 3.22. The molecule has 0 aromatic carbocycles. The second-order valence-electron chi connectivity index (χ2n) is 16.7. The molecule has 0 aliphatic heterocycles. The van der Waals surface area contributed by atoms with Gasteiger partial charge in [-0.15, -0.1) is 0 Å². The summed E-state index contributed by atoms with van der Waals surface area (Å²) >= 11 is 0. The van der Waals surface area contributed by atoms with Gasteiger partial charge < -0.3 is 14.2 Å². The maximum atomic E-state index is 12.7. The van der Waals surface area contributed by atoms with Gasteiger partial charge in [0.2, 0.25) is 0 Å². The fourth-order valence-corrected chi connectivity index (χ4v) is 7.00. The molecule has 0 N–H and O–H groups in total. The van der Waals surface area contributed by atoms with Crippen molar-refractivity contribution in [1.29, 1.82) is 0 Å². The summed E-state index contributed by atoms with van der Waals surface area (Å²) < 4.78 is 16.7. The van der Waals surface area contributed by atoms with Crippen LogP contribution in [0.25, 0.3) is 0 Å². The number of unbranched alkanes of at least 4 members (excludes halogenated alkanes) is 28. The summed E-state index contributed by atoms with van der Waals surface area (Å²) in [4.78, 5) is 37.8. The van der Waals surface area contributed by atoms with Crippen LogP contribution in [0.3, 0.4) is 0 Å². The van der Waals surface area contributed by atoms with Gasteiger partial charge in [-0.1, -0.05) is 186 Å². The monoisotopic (exact) mass is 815 g/mol. The second kappa shape index (κ2) is 47.3. The van der Waals surface area contributed by atoms with E-state index in [-0.39, 0.29) is 31.1 Å². The van der Waals surface area contributed by atoms with E-state index in [1.807, 2.05) is 0 Å². The first-order chi connectivity index (χ1) is 28.5. The van der Waals surface area contributed by atoms with E-state index in [9.17, 15) is 14.4 Å². The Balaban J connectivity index is 4.35. The van der Waals surface area contributed by atoms with Crippen LogP contribution in [0, 0.1) is 0 Å². The van der Waals surface area contributed by atoms with Gasteiger partial charge in [0.15, 0.2) is 6.10 Å². The van der Waals surface area contributed by atoms with Gasteiger partial charge in [0.25, 0.3) is 0 Å². The Hall–Kier alpha value is -2.37. The summed E-state index contributed by atoms with van der Waals surface area (Å²) in [5, 5.41) is 0. The first-order valence-corrected chi connectivity index (χ1v) is 25.0. The highest BCUT2D eigenvalue weighted by Gasteiger charge is 2.19. The Labute approximate surface area is 359 Å². The quantitative estimate of drug-likeness (QED) is 0.0264. The van der Waals surface area contributed by atoms with E-state index in [2.05, 4.69) is 57.2 Å². The fraction of sp³-hybridized carbons (Fsp3) is 0.827. The van der Waals surface area contributed by atoms with Crippen LogP contribution in [0.15, 0.2) is 36.5 Å². The van der Waals surface area contributed by atoms with Crippen molar-refractivity contribution in [3.8, 4) is 0 Å². The third kappa shape index (κ3) is 44.7. The van der Waals surface area contributed by atoms with E-state index in [0.717, 1.165) is 89.9 Å². The zero-order chi connectivity index (χ0) is 42.3. The van der Waals surface area contributed by atoms with Crippen LogP contribution in [-0.2, 0) is 28.6 Å². The number of carbonyl (C=O) groups is 3. The lowest BCUT2D eigenvalue weighted by Gasteiger charge is -2.18. The highest BCUT2D eigenvalue weighted by atomic mass is 16.6. The molecule has 0 bridgehead atoms. The van der Waals surface area contributed by atoms with Crippen LogP contribution < -0.4 is 0 Å². The molecule has 1 unspecified atom stereocenters. The lowest BCUT2D eigenvalue weighted by Crippen LogP contribution is -2.30. The summed E-state index contributed by atoms with van der Waals surface area (Å²) in [5.41, 5.74) is 0. The van der Waals surface area contributed by atoms with Crippen molar-refractivity contribution in [2.24, 2.45) is 0 Å². The normalized spacial score (nSPS) is 12.3. The van der Waals surface area contributed by atoms with E-state index < -0.39 is 6.10 Å². The van der Waals surface area contributed by atoms with Crippen LogP contribution in [-0.4, -0.2) is 37.2 Å². The van der Waals surface area contributed by atoms with E-state index in [4.69, 9.17) is 14.2 Å². The van der Waals surface area contributed by atoms with Crippen molar-refractivity contribution in [2.45, 2.75) is 264 Å². The molecule has 0 amide bonds. The highest BCUT2D eigenvalue weighted by Crippen LogP contribution is 2.14. The first kappa shape index (κ1) is 55.6. The molecule has 0 spiro atoms. The van der Waals surface area contributed by atoms with Crippen LogP contribution in [0.4, 0.5) is 0 Å². The Kier molecular flexibility index (Phi) is 45.4. The largest absolute Gasteiger partial charge is 0.462 e. The lowest BCUT2D eigenvalue weighted by atomic mass is 10.1. The number of allylic oxidation sites excluding steroid dienone is 6. The summed E-state index contributed by atoms with van der Waals surface area (Å²) in [6.45, 7) is 6.56. The molecule has 0 saturated carbocycles. The van der Waals surface area contributed by atoms with Gasteiger partial charge in [0.1, 0.15) is 13.2 Å². The topological polar surface area (TPSA) is 78.9 Å². The van der Waals surface area contributed by atoms with Crippen molar-refractivity contribution in [3.05, 3.63) is 36.5 Å². The Bertz CT molecular complexity index is 984. The molecule has 0 radical (unpaired) electrons. The van der Waals surface area contributed by atoms with Gasteiger partial charge in [-0.3, -0.25) is 14.4 Å². The molecule has 1 atom stereocenters. The van der Waals surface area contributed by atoms with E-state index in [1.165, 1.54) is 128 Å². The van der Waals surface area contributed by atoms with Crippen molar-refractivity contribution in [1.82, 2.24) is 0 Å². The van der Waals surface area contributed by atoms with Crippen LogP contribution in [0.2, 0.25) is 0 Å². The van der Waals surface area contributed by atoms with Crippen molar-refractivity contribution in [2.75, 3.05) is 13.2 Å².